The summed E-state index contributed by atoms with van der Waals surface area (Å²) < 4.78 is 9.50. The van der Waals surface area contributed by atoms with Gasteiger partial charge in [0.1, 0.15) is 0 Å². The maximum atomic E-state index is 9.50. The van der Waals surface area contributed by atoms with E-state index in [0.717, 1.165) is 0 Å². The largest absolute Gasteiger partial charge is 0.255 e. The normalized spacial score (nSPS) is 5.00. The van der Waals surface area contributed by atoms with Crippen LogP contribution in [0.4, 0.5) is 4.39 Å². The van der Waals surface area contributed by atoms with E-state index in [-0.39, 0.29) is 0 Å². The number of halogens is 1. The van der Waals surface area contributed by atoms with Gasteiger partial charge in [0.2, 0.25) is 0 Å². The van der Waals surface area contributed by atoms with Gasteiger partial charge in [-0.05, 0) is 0 Å². The first-order valence-electron chi connectivity index (χ1n) is 1.00. The van der Waals surface area contributed by atoms with Gasteiger partial charge in [-0.25, -0.2) is 10.1 Å². The Morgan fingerprint density at radius 1 is 1.83 bits per heavy atom. The topological polar surface area (TPSA) is 69.2 Å². The van der Waals surface area contributed by atoms with Crippen LogP contribution in [0.15, 0.2) is 0 Å². The first kappa shape index (κ1) is 8.93. The van der Waals surface area contributed by atoms with Crippen molar-refractivity contribution in [3.63, 3.8) is 0 Å². The van der Waals surface area contributed by atoms with E-state index < -0.39 is 5.03 Å². The summed E-state index contributed by atoms with van der Waals surface area (Å²) in [4.78, 5) is 8.58. The van der Waals surface area contributed by atoms with E-state index in [0.29, 0.717) is 7.18 Å². The van der Waals surface area contributed by atoms with E-state index in [2.05, 4.69) is 5.84 Å². The molecule has 0 spiro atoms. The molecule has 4 nitrogen and oxygen atoms in total. The van der Waals surface area contributed by atoms with Crippen LogP contribution < -0.4 is 5.84 Å². The minimum absolute atomic E-state index is 0.500. The second-order valence-corrected chi connectivity index (χ2v) is 0.285. The van der Waals surface area contributed by atoms with Crippen LogP contribution >= 0.6 is 0 Å². The Hall–Kier alpha value is -0.870. The molecular formula is CH5FN2O2. The quantitative estimate of drug-likeness (QED) is 0.256. The lowest BCUT2D eigenvalue weighted by atomic mass is 11.9. The zero-order valence-electron chi connectivity index (χ0n) is 3.22. The Morgan fingerprint density at radius 2 is 1.83 bits per heavy atom. The second kappa shape index (κ2) is 8.92. The van der Waals surface area contributed by atoms with Gasteiger partial charge in [-0.3, -0.25) is 4.39 Å². The van der Waals surface area contributed by atoms with Crippen molar-refractivity contribution in [2.45, 2.75) is 0 Å². The molecule has 0 rings (SSSR count). The molecule has 0 aromatic carbocycles. The van der Waals surface area contributed by atoms with E-state index in [1.807, 2.05) is 0 Å². The van der Waals surface area contributed by atoms with Crippen LogP contribution in [0.1, 0.15) is 0 Å². The van der Waals surface area contributed by atoms with Crippen LogP contribution in [0.3, 0.4) is 0 Å². The molecule has 0 saturated heterocycles. The van der Waals surface area contributed by atoms with Crippen LogP contribution in [0.2, 0.25) is 0 Å². The lowest BCUT2D eigenvalue weighted by Gasteiger charge is -1.61. The van der Waals surface area contributed by atoms with Crippen molar-refractivity contribution in [3.8, 4) is 0 Å². The third kappa shape index (κ3) is 18.8. The molecule has 0 aliphatic rings. The second-order valence-electron chi connectivity index (χ2n) is 0.285. The van der Waals surface area contributed by atoms with Gasteiger partial charge in [-0.2, -0.15) is 5.84 Å². The molecule has 0 aliphatic carbocycles. The summed E-state index contributed by atoms with van der Waals surface area (Å²) in [6, 6.07) is 0. The van der Waals surface area contributed by atoms with Gasteiger partial charge >= 0.3 is 0 Å². The molecule has 5 heteroatoms. The zero-order valence-corrected chi connectivity index (χ0v) is 3.22. The maximum absolute atomic E-state index is 9.50. The van der Waals surface area contributed by atoms with Gasteiger partial charge < -0.3 is 0 Å². The third-order valence-corrected chi connectivity index (χ3v) is 0. The minimum Gasteiger partial charge on any atom is -0.255 e. The molecule has 0 atom stereocenters. The number of hydrogen-bond acceptors (Lipinski definition) is 2. The molecule has 2 N–H and O–H groups in total. The monoisotopic (exact) mass is 96.0 g/mol. The Bertz CT molecular complexity index is 34.5. The van der Waals surface area contributed by atoms with Gasteiger partial charge in [0.15, 0.2) is 5.03 Å². The van der Waals surface area contributed by atoms with Crippen molar-refractivity contribution in [2.24, 2.45) is 5.84 Å². The molecule has 0 aromatic heterocycles. The summed E-state index contributed by atoms with van der Waals surface area (Å²) in [6.07, 6.45) is 0. The van der Waals surface area contributed by atoms with Gasteiger partial charge in [0.05, 0.1) is 7.18 Å². The molecule has 0 bridgehead atoms. The van der Waals surface area contributed by atoms with Crippen LogP contribution in [-0.2, 0) is 0 Å². The summed E-state index contributed by atoms with van der Waals surface area (Å²) in [5.74, 6) is 3.83. The highest BCUT2D eigenvalue weighted by molar-refractivity contribution is 3.87. The van der Waals surface area contributed by atoms with E-state index in [4.69, 9.17) is 10.1 Å². The summed E-state index contributed by atoms with van der Waals surface area (Å²) in [5.41, 5.74) is 0. The highest BCUT2D eigenvalue weighted by atomic mass is 19.1. The predicted octanol–water partition coefficient (Wildman–Crippen LogP) is -0.277. The SMILES string of the molecule is CF.N[N+](=O)[O-]. The Morgan fingerprint density at radius 3 is 1.83 bits per heavy atom. The third-order valence-electron chi connectivity index (χ3n) is 0. The fourth-order valence-electron chi connectivity index (χ4n) is 0. The minimum atomic E-state index is -1.00. The molecule has 0 aliphatic heterocycles. The first-order valence-corrected chi connectivity index (χ1v) is 1.00. The summed E-state index contributed by atoms with van der Waals surface area (Å²) in [7, 11) is 0.500. The fourth-order valence-corrected chi connectivity index (χ4v) is 0. The average Bonchev–Trinajstić information content (AvgIpc) is 1.41. The van der Waals surface area contributed by atoms with Crippen molar-refractivity contribution in [1.82, 2.24) is 0 Å². The molecule has 0 unspecified atom stereocenters. The number of alkyl halides is 1. The van der Waals surface area contributed by atoms with E-state index in [9.17, 15) is 4.39 Å². The molecular weight excluding hydrogens is 91.0 g/mol. The zero-order chi connectivity index (χ0) is 5.58. The van der Waals surface area contributed by atoms with Crippen LogP contribution in [0, 0.1) is 10.1 Å². The number of nitrogens with zero attached hydrogens (tertiary/aromatic N) is 1. The number of nitrogens with two attached hydrogens (primary N) is 1. The van der Waals surface area contributed by atoms with Gasteiger partial charge in [0, 0.05) is 0 Å². The Kier molecular flexibility index (Phi) is 13.3. The van der Waals surface area contributed by atoms with Crippen LogP contribution in [0.5, 0.6) is 0 Å². The molecule has 0 aromatic rings. The van der Waals surface area contributed by atoms with Crippen LogP contribution in [-0.4, -0.2) is 12.2 Å². The number of nitro groups is 1. The molecule has 38 valence electrons. The lowest BCUT2D eigenvalue weighted by molar-refractivity contribution is -0.491. The summed E-state index contributed by atoms with van der Waals surface area (Å²) in [6.45, 7) is 0. The highest BCUT2D eigenvalue weighted by Gasteiger charge is 1.57. The fraction of sp³-hybridized carbons (Fsp3) is 1.00. The van der Waals surface area contributed by atoms with Gasteiger partial charge in [0.25, 0.3) is 0 Å². The number of hydrogen-bond donors (Lipinski definition) is 1. The van der Waals surface area contributed by atoms with E-state index in [1.54, 1.807) is 0 Å². The Labute approximate surface area is 33.9 Å². The van der Waals surface area contributed by atoms with Crippen LogP contribution in [0.25, 0.3) is 0 Å². The molecule has 0 amide bonds. The number of hydrazine groups is 1. The van der Waals surface area contributed by atoms with Gasteiger partial charge in [-0.1, -0.05) is 0 Å². The number of rotatable bonds is 0. The molecule has 6 heavy (non-hydrogen) atoms. The van der Waals surface area contributed by atoms with Crippen molar-refractivity contribution in [1.29, 1.82) is 0 Å². The maximum Gasteiger partial charge on any atom is 0.154 e. The van der Waals surface area contributed by atoms with Crippen molar-refractivity contribution in [3.05, 3.63) is 10.1 Å². The van der Waals surface area contributed by atoms with Crippen molar-refractivity contribution < 1.29 is 9.42 Å². The van der Waals surface area contributed by atoms with Crippen molar-refractivity contribution >= 4 is 0 Å². The first-order chi connectivity index (χ1) is 2.73. The molecule has 0 saturated carbocycles. The molecule has 0 heterocycles. The molecule has 0 fully saturated rings. The molecule has 0 radical (unpaired) electrons. The summed E-state index contributed by atoms with van der Waals surface area (Å²) in [5, 5.41) is 7.58. The standard InChI is InChI=1S/CH3F.H2N2O2/c1-2;1-2(3)4/h1H3;1H2. The smallest absolute Gasteiger partial charge is 0.154 e. The average molecular weight is 96.1 g/mol. The summed E-state index contributed by atoms with van der Waals surface area (Å²) >= 11 is 0. The van der Waals surface area contributed by atoms with E-state index in [1.165, 1.54) is 0 Å². The lowest BCUT2D eigenvalue weighted by Crippen LogP contribution is -2.04. The van der Waals surface area contributed by atoms with Gasteiger partial charge in [-0.15, -0.1) is 0 Å². The Balaban J connectivity index is 0. The van der Waals surface area contributed by atoms with Crippen molar-refractivity contribution in [2.75, 3.05) is 7.18 Å². The predicted molar refractivity (Wildman–Crippen MR) is 18.2 cm³/mol. The highest BCUT2D eigenvalue weighted by Crippen LogP contribution is 1.29. The van der Waals surface area contributed by atoms with E-state index >= 15 is 0 Å².